The molecule has 0 saturated carbocycles. The van der Waals surface area contributed by atoms with Crippen LogP contribution >= 0.6 is 0 Å². The maximum Gasteiger partial charge on any atom is 0.0596 e. The number of nitrogens with zero attached hydrogens (tertiary/aromatic N) is 3. The third kappa shape index (κ3) is 4.89. The van der Waals surface area contributed by atoms with Crippen molar-refractivity contribution in [2.45, 2.75) is 39.8 Å². The normalized spacial score (nSPS) is 18.4. The average Bonchev–Trinajstić information content (AvgIpc) is 2.74. The quantitative estimate of drug-likeness (QED) is 0.762. The molecule has 1 aromatic rings. The zero-order chi connectivity index (χ0) is 14.4. The van der Waals surface area contributed by atoms with Crippen LogP contribution in [0.4, 0.5) is 0 Å². The highest BCUT2D eigenvalue weighted by atomic mass is 16.5. The predicted octanol–water partition coefficient (Wildman–Crippen LogP) is 1.20. The molecule has 0 aromatic carbocycles. The molecule has 1 aliphatic rings. The predicted molar refractivity (Wildman–Crippen MR) is 81.0 cm³/mol. The summed E-state index contributed by atoms with van der Waals surface area (Å²) in [5, 5.41) is 8.09. The largest absolute Gasteiger partial charge is 0.379 e. The van der Waals surface area contributed by atoms with E-state index >= 15 is 0 Å². The maximum absolute atomic E-state index is 5.36. The van der Waals surface area contributed by atoms with Crippen LogP contribution in [0.2, 0.25) is 0 Å². The third-order valence-electron chi connectivity index (χ3n) is 3.80. The lowest BCUT2D eigenvalue weighted by molar-refractivity contribution is 0.0374. The molecular formula is C15H28N4O. The summed E-state index contributed by atoms with van der Waals surface area (Å²) in [4.78, 5) is 2.48. The van der Waals surface area contributed by atoms with Gasteiger partial charge in [0.1, 0.15) is 0 Å². The van der Waals surface area contributed by atoms with E-state index < -0.39 is 0 Å². The highest BCUT2D eigenvalue weighted by molar-refractivity contribution is 5.06. The number of aryl methyl sites for hydroxylation is 2. The summed E-state index contributed by atoms with van der Waals surface area (Å²) in [6.07, 6.45) is 1.20. The minimum Gasteiger partial charge on any atom is -0.379 e. The van der Waals surface area contributed by atoms with Crippen LogP contribution in [-0.2, 0) is 11.3 Å². The highest BCUT2D eigenvalue weighted by Crippen LogP contribution is 2.03. The minimum atomic E-state index is 0.456. The zero-order valence-corrected chi connectivity index (χ0v) is 13.1. The van der Waals surface area contributed by atoms with Crippen LogP contribution < -0.4 is 5.32 Å². The third-order valence-corrected chi connectivity index (χ3v) is 3.80. The summed E-state index contributed by atoms with van der Waals surface area (Å²) >= 11 is 0. The summed E-state index contributed by atoms with van der Waals surface area (Å²) in [6, 6.07) is 2.59. The Hall–Kier alpha value is -0.910. The average molecular weight is 280 g/mol. The molecule has 1 unspecified atom stereocenters. The molecule has 0 radical (unpaired) electrons. The minimum absolute atomic E-state index is 0.456. The molecule has 5 heteroatoms. The summed E-state index contributed by atoms with van der Waals surface area (Å²) in [6.45, 7) is 13.5. The first-order chi connectivity index (χ1) is 9.65. The topological polar surface area (TPSA) is 42.3 Å². The Morgan fingerprint density at radius 1 is 1.35 bits per heavy atom. The molecule has 1 aromatic heterocycles. The van der Waals surface area contributed by atoms with E-state index in [-0.39, 0.29) is 0 Å². The first-order valence-corrected chi connectivity index (χ1v) is 7.69. The van der Waals surface area contributed by atoms with E-state index in [1.807, 2.05) is 6.92 Å². The lowest BCUT2D eigenvalue weighted by atomic mass is 10.3. The summed E-state index contributed by atoms with van der Waals surface area (Å²) in [5.74, 6) is 0. The second-order valence-corrected chi connectivity index (χ2v) is 5.77. The Labute approximate surface area is 122 Å². The molecule has 0 amide bonds. The lowest BCUT2D eigenvalue weighted by Crippen LogP contribution is -2.38. The van der Waals surface area contributed by atoms with Crippen molar-refractivity contribution in [3.63, 3.8) is 0 Å². The molecule has 1 N–H and O–H groups in total. The number of nitrogens with one attached hydrogen (secondary N) is 1. The second-order valence-electron chi connectivity index (χ2n) is 5.77. The maximum atomic E-state index is 5.36. The molecule has 0 bridgehead atoms. The van der Waals surface area contributed by atoms with Crippen LogP contribution in [0.15, 0.2) is 6.07 Å². The standard InChI is InChI=1S/C15H28N4O/c1-13-11-15(3)19(17-13)12-14(2)16-5-4-6-18-7-9-20-10-8-18/h11,14,16H,4-10,12H2,1-3H3. The molecule has 1 aliphatic heterocycles. The Balaban J connectivity index is 1.60. The van der Waals surface area contributed by atoms with E-state index in [9.17, 15) is 0 Å². The number of hydrogen-bond acceptors (Lipinski definition) is 4. The molecule has 1 fully saturated rings. The lowest BCUT2D eigenvalue weighted by Gasteiger charge is -2.26. The van der Waals surface area contributed by atoms with Gasteiger partial charge in [-0.2, -0.15) is 5.10 Å². The van der Waals surface area contributed by atoms with Crippen molar-refractivity contribution in [1.29, 1.82) is 0 Å². The molecule has 1 atom stereocenters. The summed E-state index contributed by atoms with van der Waals surface area (Å²) in [7, 11) is 0. The highest BCUT2D eigenvalue weighted by Gasteiger charge is 2.10. The Bertz CT molecular complexity index is 399. The van der Waals surface area contributed by atoms with Gasteiger partial charge in [-0.3, -0.25) is 9.58 Å². The molecule has 1 saturated heterocycles. The Morgan fingerprint density at radius 2 is 2.10 bits per heavy atom. The van der Waals surface area contributed by atoms with Gasteiger partial charge in [0.05, 0.1) is 25.5 Å². The summed E-state index contributed by atoms with van der Waals surface area (Å²) in [5.41, 5.74) is 2.34. The molecule has 114 valence electrons. The monoisotopic (exact) mass is 280 g/mol. The van der Waals surface area contributed by atoms with Gasteiger partial charge in [-0.15, -0.1) is 0 Å². The van der Waals surface area contributed by atoms with Crippen molar-refractivity contribution in [1.82, 2.24) is 20.0 Å². The first-order valence-electron chi connectivity index (χ1n) is 7.69. The van der Waals surface area contributed by atoms with E-state index in [2.05, 4.69) is 39.9 Å². The van der Waals surface area contributed by atoms with Crippen LogP contribution in [0, 0.1) is 13.8 Å². The van der Waals surface area contributed by atoms with Gasteiger partial charge in [-0.1, -0.05) is 0 Å². The van der Waals surface area contributed by atoms with Crippen molar-refractivity contribution in [2.75, 3.05) is 39.4 Å². The van der Waals surface area contributed by atoms with Gasteiger partial charge in [0, 0.05) is 24.8 Å². The van der Waals surface area contributed by atoms with Crippen molar-refractivity contribution in [3.05, 3.63) is 17.5 Å². The van der Waals surface area contributed by atoms with Crippen LogP contribution in [0.25, 0.3) is 0 Å². The van der Waals surface area contributed by atoms with Crippen LogP contribution in [0.1, 0.15) is 24.7 Å². The first kappa shape index (κ1) is 15.5. The van der Waals surface area contributed by atoms with Crippen molar-refractivity contribution >= 4 is 0 Å². The van der Waals surface area contributed by atoms with E-state index in [1.165, 1.54) is 18.7 Å². The van der Waals surface area contributed by atoms with E-state index in [0.29, 0.717) is 6.04 Å². The van der Waals surface area contributed by atoms with Crippen LogP contribution in [-0.4, -0.2) is 60.1 Å². The fourth-order valence-electron chi connectivity index (χ4n) is 2.66. The second kappa shape index (κ2) is 7.76. The van der Waals surface area contributed by atoms with Gasteiger partial charge in [0.2, 0.25) is 0 Å². The van der Waals surface area contributed by atoms with Crippen LogP contribution in [0.3, 0.4) is 0 Å². The molecule has 0 aliphatic carbocycles. The van der Waals surface area contributed by atoms with Crippen molar-refractivity contribution in [2.24, 2.45) is 0 Å². The fourth-order valence-corrected chi connectivity index (χ4v) is 2.66. The fraction of sp³-hybridized carbons (Fsp3) is 0.800. The van der Waals surface area contributed by atoms with Crippen LogP contribution in [0.5, 0.6) is 0 Å². The van der Waals surface area contributed by atoms with Gasteiger partial charge >= 0.3 is 0 Å². The SMILES string of the molecule is Cc1cc(C)n(CC(C)NCCCN2CCOCC2)n1. The van der Waals surface area contributed by atoms with Gasteiger partial charge in [-0.05, 0) is 46.3 Å². The van der Waals surface area contributed by atoms with Crippen molar-refractivity contribution < 1.29 is 4.74 Å². The molecule has 20 heavy (non-hydrogen) atoms. The van der Waals surface area contributed by atoms with Gasteiger partial charge in [-0.25, -0.2) is 0 Å². The smallest absolute Gasteiger partial charge is 0.0596 e. The van der Waals surface area contributed by atoms with Gasteiger partial charge in [0.15, 0.2) is 0 Å². The number of ether oxygens (including phenoxy) is 1. The Morgan fingerprint density at radius 3 is 2.75 bits per heavy atom. The summed E-state index contributed by atoms with van der Waals surface area (Å²) < 4.78 is 7.45. The molecule has 2 heterocycles. The van der Waals surface area contributed by atoms with E-state index in [4.69, 9.17) is 4.74 Å². The Kier molecular flexibility index (Phi) is 6.01. The van der Waals surface area contributed by atoms with Gasteiger partial charge < -0.3 is 10.1 Å². The van der Waals surface area contributed by atoms with E-state index in [0.717, 1.165) is 45.1 Å². The van der Waals surface area contributed by atoms with Gasteiger partial charge in [0.25, 0.3) is 0 Å². The molecule has 0 spiro atoms. The molecular weight excluding hydrogens is 252 g/mol. The number of morpholine rings is 1. The van der Waals surface area contributed by atoms with E-state index in [1.54, 1.807) is 0 Å². The molecule has 2 rings (SSSR count). The number of rotatable bonds is 7. The number of hydrogen-bond donors (Lipinski definition) is 1. The molecule has 5 nitrogen and oxygen atoms in total. The zero-order valence-electron chi connectivity index (χ0n) is 13.1. The van der Waals surface area contributed by atoms with Crippen molar-refractivity contribution in [3.8, 4) is 0 Å². The number of aromatic nitrogens is 2.